The van der Waals surface area contributed by atoms with E-state index in [9.17, 15) is 18.0 Å². The van der Waals surface area contributed by atoms with Crippen LogP contribution < -0.4 is 15.4 Å². The Hall–Kier alpha value is -2.56. The number of nitrogens with one attached hydrogen (secondary N) is 1. The van der Waals surface area contributed by atoms with Crippen molar-refractivity contribution in [2.24, 2.45) is 0 Å². The van der Waals surface area contributed by atoms with E-state index >= 15 is 0 Å². The van der Waals surface area contributed by atoms with Crippen molar-refractivity contribution >= 4 is 11.8 Å². The molecule has 0 spiro atoms. The maximum atomic E-state index is 14.2. The number of aromatic amines is 1. The number of anilines is 2. The van der Waals surface area contributed by atoms with E-state index < -0.39 is 23.8 Å². The lowest BCUT2D eigenvalue weighted by molar-refractivity contribution is -0.182. The summed E-state index contributed by atoms with van der Waals surface area (Å²) in [6.45, 7) is 5.56. The first kappa shape index (κ1) is 20.3. The molecule has 0 aromatic carbocycles. The molecule has 3 atom stereocenters. The molecule has 168 valence electrons. The first-order chi connectivity index (χ1) is 14.6. The topological polar surface area (TPSA) is 79.3 Å². The molecule has 2 saturated heterocycles. The van der Waals surface area contributed by atoms with Crippen LogP contribution >= 0.6 is 0 Å². The van der Waals surface area contributed by atoms with E-state index in [1.807, 2.05) is 18.7 Å². The lowest BCUT2D eigenvalue weighted by Gasteiger charge is -2.37. The highest BCUT2D eigenvalue weighted by Crippen LogP contribution is 2.44. The number of H-pyrrole nitrogens is 1. The number of nitrogens with zero attached hydrogens (tertiary/aromatic N) is 5. The number of aryl methyl sites for hydroxylation is 2. The molecule has 0 aliphatic carbocycles. The highest BCUT2D eigenvalue weighted by atomic mass is 19.4. The van der Waals surface area contributed by atoms with Gasteiger partial charge in [-0.1, -0.05) is 0 Å². The summed E-state index contributed by atoms with van der Waals surface area (Å²) >= 11 is 0. The van der Waals surface area contributed by atoms with Crippen LogP contribution in [-0.4, -0.2) is 63.3 Å². The van der Waals surface area contributed by atoms with Gasteiger partial charge < -0.3 is 14.5 Å². The minimum Gasteiger partial charge on any atom is -0.374 e. The van der Waals surface area contributed by atoms with Crippen LogP contribution in [0, 0.1) is 13.8 Å². The standard InChI is InChI=1S/C20H25F3N6O2/c1-11-15(12(2)26-25-11)4-5-29-18-24-16(27-8-14-6-13(27)9-31-14)7-17(30)28(18)10-19(29,3)20(21,22)23/h7,13-14H,4-6,8-10H2,1-3H3,(H,25,26)/t13-,14+,19-/m0/s1. The number of alkyl halides is 3. The molecule has 2 fully saturated rings. The highest BCUT2D eigenvalue weighted by molar-refractivity contribution is 5.51. The van der Waals surface area contributed by atoms with Crippen LogP contribution in [0.4, 0.5) is 24.9 Å². The lowest BCUT2D eigenvalue weighted by atomic mass is 10.00. The van der Waals surface area contributed by atoms with Crippen molar-refractivity contribution in [2.45, 2.75) is 64.0 Å². The number of halogens is 3. The van der Waals surface area contributed by atoms with Crippen LogP contribution in [0.2, 0.25) is 0 Å². The Labute approximate surface area is 177 Å². The number of hydrogen-bond donors (Lipinski definition) is 1. The SMILES string of the molecule is Cc1n[nH]c(C)c1CCN1c2nc(N3C[C@H]4C[C@H]3CO4)cc(=O)n2C[C@@]1(C)C(F)(F)F. The van der Waals surface area contributed by atoms with Gasteiger partial charge in [0.15, 0.2) is 5.54 Å². The van der Waals surface area contributed by atoms with Gasteiger partial charge in [0.1, 0.15) is 5.82 Å². The smallest absolute Gasteiger partial charge is 0.374 e. The Balaban J connectivity index is 1.54. The number of aromatic nitrogens is 4. The van der Waals surface area contributed by atoms with E-state index in [1.54, 1.807) is 0 Å². The average Bonchev–Trinajstić information content (AvgIpc) is 3.45. The van der Waals surface area contributed by atoms with Crippen molar-refractivity contribution in [3.8, 4) is 0 Å². The van der Waals surface area contributed by atoms with Crippen molar-refractivity contribution in [3.63, 3.8) is 0 Å². The molecule has 1 N–H and O–H groups in total. The molecule has 3 aliphatic rings. The van der Waals surface area contributed by atoms with E-state index in [1.165, 1.54) is 11.0 Å². The van der Waals surface area contributed by atoms with Crippen LogP contribution in [0.15, 0.2) is 10.9 Å². The van der Waals surface area contributed by atoms with Crippen molar-refractivity contribution in [3.05, 3.63) is 33.4 Å². The van der Waals surface area contributed by atoms with Gasteiger partial charge >= 0.3 is 6.18 Å². The van der Waals surface area contributed by atoms with E-state index in [4.69, 9.17) is 4.74 Å². The molecule has 11 heteroatoms. The van der Waals surface area contributed by atoms with Gasteiger partial charge in [-0.15, -0.1) is 0 Å². The highest BCUT2D eigenvalue weighted by Gasteiger charge is 2.59. The Morgan fingerprint density at radius 1 is 1.35 bits per heavy atom. The molecule has 2 aromatic heterocycles. The molecule has 2 bridgehead atoms. The van der Waals surface area contributed by atoms with Gasteiger partial charge in [0, 0.05) is 24.8 Å². The molecule has 0 amide bonds. The molecule has 5 rings (SSSR count). The number of hydrogen-bond acceptors (Lipinski definition) is 6. The molecule has 0 saturated carbocycles. The average molecular weight is 438 g/mol. The third-order valence-corrected chi connectivity index (χ3v) is 6.95. The molecule has 8 nitrogen and oxygen atoms in total. The van der Waals surface area contributed by atoms with Gasteiger partial charge in [-0.25, -0.2) is 0 Å². The maximum Gasteiger partial charge on any atom is 0.413 e. The minimum absolute atomic E-state index is 0.0717. The maximum absolute atomic E-state index is 14.2. The van der Waals surface area contributed by atoms with E-state index in [0.717, 1.165) is 34.9 Å². The molecule has 2 aromatic rings. The zero-order chi connectivity index (χ0) is 22.1. The summed E-state index contributed by atoms with van der Waals surface area (Å²) in [7, 11) is 0. The minimum atomic E-state index is -4.53. The largest absolute Gasteiger partial charge is 0.413 e. The summed E-state index contributed by atoms with van der Waals surface area (Å²) in [6.07, 6.45) is -3.23. The molecular formula is C20H25F3N6O2. The normalized spacial score (nSPS) is 27.4. The number of fused-ring (bicyclic) bond motifs is 3. The zero-order valence-corrected chi connectivity index (χ0v) is 17.7. The summed E-state index contributed by atoms with van der Waals surface area (Å²) in [6, 6.07) is 1.47. The van der Waals surface area contributed by atoms with Crippen molar-refractivity contribution in [1.29, 1.82) is 0 Å². The monoisotopic (exact) mass is 438 g/mol. The third kappa shape index (κ3) is 3.04. The number of rotatable bonds is 4. The molecule has 0 unspecified atom stereocenters. The van der Waals surface area contributed by atoms with Crippen LogP contribution in [0.1, 0.15) is 30.3 Å². The summed E-state index contributed by atoms with van der Waals surface area (Å²) in [4.78, 5) is 20.7. The molecule has 31 heavy (non-hydrogen) atoms. The molecule has 0 radical (unpaired) electrons. The number of morpholine rings is 1. The van der Waals surface area contributed by atoms with Crippen molar-refractivity contribution in [2.75, 3.05) is 29.5 Å². The van der Waals surface area contributed by atoms with Crippen LogP contribution in [0.25, 0.3) is 0 Å². The zero-order valence-electron chi connectivity index (χ0n) is 17.7. The van der Waals surface area contributed by atoms with E-state index in [0.29, 0.717) is 25.4 Å². The van der Waals surface area contributed by atoms with Gasteiger partial charge in [-0.2, -0.15) is 23.3 Å². The lowest BCUT2D eigenvalue weighted by Crippen LogP contribution is -2.56. The fraction of sp³-hybridized carbons (Fsp3) is 0.650. The van der Waals surface area contributed by atoms with E-state index in [2.05, 4.69) is 15.2 Å². The van der Waals surface area contributed by atoms with Crippen molar-refractivity contribution in [1.82, 2.24) is 19.7 Å². The van der Waals surface area contributed by atoms with Gasteiger partial charge in [0.25, 0.3) is 5.56 Å². The first-order valence-electron chi connectivity index (χ1n) is 10.4. The Morgan fingerprint density at radius 3 is 2.71 bits per heavy atom. The van der Waals surface area contributed by atoms with Gasteiger partial charge in [-0.05, 0) is 39.2 Å². The second kappa shape index (κ2) is 6.72. The fourth-order valence-electron chi connectivity index (χ4n) is 5.03. The fourth-order valence-corrected chi connectivity index (χ4v) is 5.03. The summed E-state index contributed by atoms with van der Waals surface area (Å²) in [5.74, 6) is 0.504. The Morgan fingerprint density at radius 2 is 2.13 bits per heavy atom. The summed E-state index contributed by atoms with van der Waals surface area (Å²) < 4.78 is 49.4. The Bertz CT molecular complexity index is 1060. The van der Waals surface area contributed by atoms with Gasteiger partial charge in [-0.3, -0.25) is 14.5 Å². The first-order valence-corrected chi connectivity index (χ1v) is 10.4. The molecule has 3 aliphatic heterocycles. The number of ether oxygens (including phenoxy) is 1. The summed E-state index contributed by atoms with van der Waals surface area (Å²) in [5.41, 5.74) is -0.202. The van der Waals surface area contributed by atoms with Crippen LogP contribution in [0.3, 0.4) is 0 Å². The van der Waals surface area contributed by atoms with Crippen LogP contribution in [0.5, 0.6) is 0 Å². The molecular weight excluding hydrogens is 413 g/mol. The van der Waals surface area contributed by atoms with Gasteiger partial charge in [0.05, 0.1) is 31.0 Å². The predicted octanol–water partition coefficient (Wildman–Crippen LogP) is 1.94. The third-order valence-electron chi connectivity index (χ3n) is 6.95. The summed E-state index contributed by atoms with van der Waals surface area (Å²) in [5, 5.41) is 7.01. The van der Waals surface area contributed by atoms with Gasteiger partial charge in [0.2, 0.25) is 5.95 Å². The second-order valence-corrected chi connectivity index (χ2v) is 8.92. The molecule has 5 heterocycles. The van der Waals surface area contributed by atoms with E-state index in [-0.39, 0.29) is 24.6 Å². The van der Waals surface area contributed by atoms with Crippen LogP contribution in [-0.2, 0) is 17.7 Å². The second-order valence-electron chi connectivity index (χ2n) is 8.92. The van der Waals surface area contributed by atoms with Crippen molar-refractivity contribution < 1.29 is 17.9 Å². The predicted molar refractivity (Wildman–Crippen MR) is 108 cm³/mol. The Kier molecular flexibility index (Phi) is 4.41. The quantitative estimate of drug-likeness (QED) is 0.786.